The molecule has 3 aromatic carbocycles. The van der Waals surface area contributed by atoms with Crippen LogP contribution in [0.5, 0.6) is 0 Å². The minimum atomic E-state index is 0.0874. The molecule has 0 unspecified atom stereocenters. The topological polar surface area (TPSA) is 17.1 Å². The standard InChI is InChI=1S/C21H18O/c1-16-7-5-6-10-20(16)21(22)19-13-11-18(12-14-19)15-17-8-3-2-4-9-17/h2-14H,15H2,1H3. The van der Waals surface area contributed by atoms with E-state index in [1.807, 2.05) is 73.7 Å². The van der Waals surface area contributed by atoms with Gasteiger partial charge in [0.05, 0.1) is 0 Å². The Morgan fingerprint density at radius 1 is 0.727 bits per heavy atom. The fourth-order valence-corrected chi connectivity index (χ4v) is 2.59. The molecule has 0 spiro atoms. The van der Waals surface area contributed by atoms with Crippen molar-refractivity contribution in [1.82, 2.24) is 0 Å². The molecule has 0 N–H and O–H groups in total. The lowest BCUT2D eigenvalue weighted by Gasteiger charge is -2.06. The summed E-state index contributed by atoms with van der Waals surface area (Å²) in [7, 11) is 0. The van der Waals surface area contributed by atoms with E-state index < -0.39 is 0 Å². The molecule has 0 aliphatic rings. The predicted molar refractivity (Wildman–Crippen MR) is 90.3 cm³/mol. The maximum absolute atomic E-state index is 12.5. The SMILES string of the molecule is Cc1ccccc1C(=O)c1ccc(Cc2ccccc2)cc1. The van der Waals surface area contributed by atoms with Crippen molar-refractivity contribution >= 4 is 5.78 Å². The molecule has 1 nitrogen and oxygen atoms in total. The zero-order valence-electron chi connectivity index (χ0n) is 12.6. The molecule has 1 heteroatoms. The van der Waals surface area contributed by atoms with E-state index in [0.717, 1.165) is 23.1 Å². The van der Waals surface area contributed by atoms with E-state index in [2.05, 4.69) is 12.1 Å². The molecule has 0 bridgehead atoms. The Hall–Kier alpha value is -2.67. The summed E-state index contributed by atoms with van der Waals surface area (Å²) in [5.74, 6) is 0.0874. The van der Waals surface area contributed by atoms with E-state index in [4.69, 9.17) is 0 Å². The molecule has 108 valence electrons. The maximum atomic E-state index is 12.5. The van der Waals surface area contributed by atoms with Gasteiger partial charge in [0, 0.05) is 11.1 Å². The molecule has 3 aromatic rings. The van der Waals surface area contributed by atoms with Gasteiger partial charge in [0.15, 0.2) is 5.78 Å². The monoisotopic (exact) mass is 286 g/mol. The molecule has 0 heterocycles. The van der Waals surface area contributed by atoms with Crippen molar-refractivity contribution in [3.8, 4) is 0 Å². The molecular weight excluding hydrogens is 268 g/mol. The van der Waals surface area contributed by atoms with E-state index in [1.165, 1.54) is 11.1 Å². The third kappa shape index (κ3) is 3.15. The summed E-state index contributed by atoms with van der Waals surface area (Å²) >= 11 is 0. The van der Waals surface area contributed by atoms with Crippen LogP contribution in [-0.2, 0) is 6.42 Å². The summed E-state index contributed by atoms with van der Waals surface area (Å²) in [5.41, 5.74) is 5.03. The van der Waals surface area contributed by atoms with E-state index in [-0.39, 0.29) is 5.78 Å². The van der Waals surface area contributed by atoms with Crippen LogP contribution in [0.15, 0.2) is 78.9 Å². The highest BCUT2D eigenvalue weighted by molar-refractivity contribution is 6.09. The maximum Gasteiger partial charge on any atom is 0.193 e. The number of carbonyl (C=O) groups is 1. The Morgan fingerprint density at radius 2 is 1.32 bits per heavy atom. The first kappa shape index (κ1) is 14.3. The molecule has 0 atom stereocenters. The fourth-order valence-electron chi connectivity index (χ4n) is 2.59. The molecular formula is C21H18O. The molecule has 3 rings (SSSR count). The van der Waals surface area contributed by atoms with Gasteiger partial charge in [-0.3, -0.25) is 4.79 Å². The zero-order valence-corrected chi connectivity index (χ0v) is 12.6. The average molecular weight is 286 g/mol. The van der Waals surface area contributed by atoms with Crippen LogP contribution in [0.1, 0.15) is 32.6 Å². The lowest BCUT2D eigenvalue weighted by molar-refractivity contribution is 0.103. The van der Waals surface area contributed by atoms with Gasteiger partial charge in [-0.15, -0.1) is 0 Å². The number of benzene rings is 3. The second-order valence-electron chi connectivity index (χ2n) is 5.50. The Labute approximate surface area is 131 Å². The Morgan fingerprint density at radius 3 is 2.00 bits per heavy atom. The van der Waals surface area contributed by atoms with E-state index in [0.29, 0.717) is 0 Å². The molecule has 0 aromatic heterocycles. The van der Waals surface area contributed by atoms with Crippen molar-refractivity contribution < 1.29 is 4.79 Å². The van der Waals surface area contributed by atoms with Crippen LogP contribution in [0.4, 0.5) is 0 Å². The van der Waals surface area contributed by atoms with Gasteiger partial charge in [0.2, 0.25) is 0 Å². The van der Waals surface area contributed by atoms with Crippen molar-refractivity contribution in [3.63, 3.8) is 0 Å². The van der Waals surface area contributed by atoms with Gasteiger partial charge in [-0.2, -0.15) is 0 Å². The Bertz CT molecular complexity index is 771. The number of rotatable bonds is 4. The largest absolute Gasteiger partial charge is 0.289 e. The second kappa shape index (κ2) is 6.40. The van der Waals surface area contributed by atoms with Gasteiger partial charge < -0.3 is 0 Å². The van der Waals surface area contributed by atoms with Crippen LogP contribution in [0.3, 0.4) is 0 Å². The average Bonchev–Trinajstić information content (AvgIpc) is 2.56. The lowest BCUT2D eigenvalue weighted by Crippen LogP contribution is -2.03. The summed E-state index contributed by atoms with van der Waals surface area (Å²) in [6.45, 7) is 1.97. The van der Waals surface area contributed by atoms with E-state index >= 15 is 0 Å². The Kier molecular flexibility index (Phi) is 4.15. The van der Waals surface area contributed by atoms with Crippen LogP contribution in [-0.4, -0.2) is 5.78 Å². The van der Waals surface area contributed by atoms with Crippen molar-refractivity contribution in [3.05, 3.63) is 107 Å². The summed E-state index contributed by atoms with van der Waals surface area (Å²) in [6.07, 6.45) is 0.889. The van der Waals surface area contributed by atoms with Crippen LogP contribution >= 0.6 is 0 Å². The van der Waals surface area contributed by atoms with Gasteiger partial charge in [0.1, 0.15) is 0 Å². The summed E-state index contributed by atoms with van der Waals surface area (Å²) < 4.78 is 0. The van der Waals surface area contributed by atoms with Crippen molar-refractivity contribution in [2.75, 3.05) is 0 Å². The molecule has 0 fully saturated rings. The van der Waals surface area contributed by atoms with Crippen molar-refractivity contribution in [2.24, 2.45) is 0 Å². The van der Waals surface area contributed by atoms with Crippen molar-refractivity contribution in [2.45, 2.75) is 13.3 Å². The molecule has 0 radical (unpaired) electrons. The highest BCUT2D eigenvalue weighted by Crippen LogP contribution is 2.16. The molecule has 0 saturated heterocycles. The summed E-state index contributed by atoms with van der Waals surface area (Å²) in [4.78, 5) is 12.5. The first-order chi connectivity index (χ1) is 10.7. The smallest absolute Gasteiger partial charge is 0.193 e. The molecule has 0 amide bonds. The minimum absolute atomic E-state index is 0.0874. The number of aryl methyl sites for hydroxylation is 1. The molecule has 0 aliphatic heterocycles. The first-order valence-corrected chi connectivity index (χ1v) is 7.47. The van der Waals surface area contributed by atoms with Crippen LogP contribution in [0.2, 0.25) is 0 Å². The van der Waals surface area contributed by atoms with Gasteiger partial charge >= 0.3 is 0 Å². The Balaban J connectivity index is 1.80. The number of hydrogen-bond acceptors (Lipinski definition) is 1. The van der Waals surface area contributed by atoms with Gasteiger partial charge in [-0.25, -0.2) is 0 Å². The third-order valence-electron chi connectivity index (χ3n) is 3.86. The van der Waals surface area contributed by atoms with Crippen molar-refractivity contribution in [1.29, 1.82) is 0 Å². The minimum Gasteiger partial charge on any atom is -0.289 e. The summed E-state index contributed by atoms with van der Waals surface area (Å²) in [6, 6.07) is 26.0. The number of carbonyl (C=O) groups excluding carboxylic acids is 1. The summed E-state index contributed by atoms with van der Waals surface area (Å²) in [5, 5.41) is 0. The predicted octanol–water partition coefficient (Wildman–Crippen LogP) is 4.82. The lowest BCUT2D eigenvalue weighted by atomic mass is 9.97. The highest BCUT2D eigenvalue weighted by Gasteiger charge is 2.10. The molecule has 22 heavy (non-hydrogen) atoms. The van der Waals surface area contributed by atoms with Crippen LogP contribution < -0.4 is 0 Å². The first-order valence-electron chi connectivity index (χ1n) is 7.47. The number of ketones is 1. The quantitative estimate of drug-likeness (QED) is 0.629. The highest BCUT2D eigenvalue weighted by atomic mass is 16.1. The van der Waals surface area contributed by atoms with E-state index in [1.54, 1.807) is 0 Å². The van der Waals surface area contributed by atoms with Gasteiger partial charge in [-0.05, 0) is 30.0 Å². The van der Waals surface area contributed by atoms with Gasteiger partial charge in [-0.1, -0.05) is 78.9 Å². The zero-order chi connectivity index (χ0) is 15.4. The number of hydrogen-bond donors (Lipinski definition) is 0. The van der Waals surface area contributed by atoms with Crippen LogP contribution in [0, 0.1) is 6.92 Å². The third-order valence-corrected chi connectivity index (χ3v) is 3.86. The van der Waals surface area contributed by atoms with Crippen LogP contribution in [0.25, 0.3) is 0 Å². The van der Waals surface area contributed by atoms with Gasteiger partial charge in [0.25, 0.3) is 0 Å². The molecule has 0 saturated carbocycles. The van der Waals surface area contributed by atoms with E-state index in [9.17, 15) is 4.79 Å². The normalized spacial score (nSPS) is 10.4. The fraction of sp³-hybridized carbons (Fsp3) is 0.0952. The second-order valence-corrected chi connectivity index (χ2v) is 5.50. The molecule has 0 aliphatic carbocycles.